The second-order valence-corrected chi connectivity index (χ2v) is 5.68. The normalized spacial score (nSPS) is 10.4. The van der Waals surface area contributed by atoms with E-state index in [0.29, 0.717) is 13.1 Å². The lowest BCUT2D eigenvalue weighted by Crippen LogP contribution is -2.34. The van der Waals surface area contributed by atoms with Crippen LogP contribution in [-0.4, -0.2) is 11.0 Å². The van der Waals surface area contributed by atoms with Gasteiger partial charge in [0.15, 0.2) is 5.76 Å². The Morgan fingerprint density at radius 3 is 2.73 bits per heavy atom. The van der Waals surface area contributed by atoms with Crippen molar-refractivity contribution >= 4 is 17.4 Å². The van der Waals surface area contributed by atoms with Gasteiger partial charge in [0.2, 0.25) is 0 Å². The third kappa shape index (κ3) is 3.73. The summed E-state index contributed by atoms with van der Waals surface area (Å²) in [6.07, 6.45) is 3.35. The van der Waals surface area contributed by atoms with Crippen molar-refractivity contribution in [3.8, 4) is 11.5 Å². The molecule has 2 amide bonds. The summed E-state index contributed by atoms with van der Waals surface area (Å²) in [5.41, 5.74) is 1.71. The molecule has 0 radical (unpaired) electrons. The van der Waals surface area contributed by atoms with E-state index in [9.17, 15) is 4.79 Å². The minimum absolute atomic E-state index is 0.191. The van der Waals surface area contributed by atoms with Crippen molar-refractivity contribution in [1.29, 1.82) is 0 Å². The summed E-state index contributed by atoms with van der Waals surface area (Å²) in [5.74, 6) is 0.730. The molecule has 3 rings (SSSR count). The molecule has 112 valence electrons. The van der Waals surface area contributed by atoms with Crippen LogP contribution in [0.4, 0.5) is 4.79 Å². The van der Waals surface area contributed by atoms with Gasteiger partial charge in [0, 0.05) is 17.6 Å². The number of hydrogen-bond acceptors (Lipinski definition) is 4. The highest BCUT2D eigenvalue weighted by Crippen LogP contribution is 2.16. The van der Waals surface area contributed by atoms with Crippen LogP contribution in [-0.2, 0) is 13.1 Å². The van der Waals surface area contributed by atoms with Crippen LogP contribution in [0.3, 0.4) is 0 Å². The summed E-state index contributed by atoms with van der Waals surface area (Å²) in [6.45, 7) is 0.973. The fraction of sp³-hybridized carbons (Fsp3) is 0.125. The van der Waals surface area contributed by atoms with Crippen LogP contribution < -0.4 is 10.6 Å². The molecule has 2 N–H and O–H groups in total. The van der Waals surface area contributed by atoms with Gasteiger partial charge in [-0.3, -0.25) is 4.98 Å². The van der Waals surface area contributed by atoms with Gasteiger partial charge in [0.1, 0.15) is 5.69 Å². The van der Waals surface area contributed by atoms with E-state index in [2.05, 4.69) is 15.6 Å². The minimum Gasteiger partial charge on any atom is -0.463 e. The van der Waals surface area contributed by atoms with Crippen molar-refractivity contribution in [2.24, 2.45) is 0 Å². The summed E-state index contributed by atoms with van der Waals surface area (Å²) in [6, 6.07) is 11.2. The molecular weight excluding hydrogens is 298 g/mol. The van der Waals surface area contributed by atoms with Crippen molar-refractivity contribution < 1.29 is 9.21 Å². The van der Waals surface area contributed by atoms with Crippen molar-refractivity contribution in [3.05, 3.63) is 64.7 Å². The number of hydrogen-bond donors (Lipinski definition) is 2. The third-order valence-corrected chi connectivity index (χ3v) is 3.93. The van der Waals surface area contributed by atoms with Crippen molar-refractivity contribution in [2.45, 2.75) is 13.1 Å². The molecule has 0 aromatic carbocycles. The van der Waals surface area contributed by atoms with E-state index < -0.39 is 0 Å². The van der Waals surface area contributed by atoms with E-state index in [1.165, 1.54) is 0 Å². The number of nitrogens with one attached hydrogen (secondary N) is 2. The molecule has 3 aromatic heterocycles. The summed E-state index contributed by atoms with van der Waals surface area (Å²) in [4.78, 5) is 17.2. The lowest BCUT2D eigenvalue weighted by molar-refractivity contribution is 0.240. The van der Waals surface area contributed by atoms with Gasteiger partial charge in [0.05, 0.1) is 12.8 Å². The Balaban J connectivity index is 1.48. The molecule has 0 fully saturated rings. The lowest BCUT2D eigenvalue weighted by Gasteiger charge is -2.07. The van der Waals surface area contributed by atoms with Crippen LogP contribution in [0.5, 0.6) is 0 Å². The highest BCUT2D eigenvalue weighted by molar-refractivity contribution is 7.09. The first kappa shape index (κ1) is 14.3. The van der Waals surface area contributed by atoms with Crippen LogP contribution in [0.15, 0.2) is 58.7 Å². The Labute approximate surface area is 132 Å². The van der Waals surface area contributed by atoms with Gasteiger partial charge in [-0.05, 0) is 35.2 Å². The maximum atomic E-state index is 11.7. The predicted octanol–water partition coefficient (Wildman–Crippen LogP) is 3.40. The molecular formula is C16H15N3O2S. The van der Waals surface area contributed by atoms with Gasteiger partial charge in [-0.25, -0.2) is 4.79 Å². The smallest absolute Gasteiger partial charge is 0.315 e. The quantitative estimate of drug-likeness (QED) is 0.758. The molecule has 5 nitrogen and oxygen atoms in total. The van der Waals surface area contributed by atoms with Crippen molar-refractivity contribution in [3.63, 3.8) is 0 Å². The molecule has 3 heterocycles. The Kier molecular flexibility index (Phi) is 4.50. The van der Waals surface area contributed by atoms with Crippen LogP contribution in [0.2, 0.25) is 0 Å². The van der Waals surface area contributed by atoms with Gasteiger partial charge < -0.3 is 15.1 Å². The molecule has 0 saturated heterocycles. The molecule has 0 bridgehead atoms. The third-order valence-electron chi connectivity index (χ3n) is 3.05. The summed E-state index contributed by atoms with van der Waals surface area (Å²) < 4.78 is 5.28. The summed E-state index contributed by atoms with van der Waals surface area (Å²) in [5, 5.41) is 7.61. The highest BCUT2D eigenvalue weighted by atomic mass is 32.1. The number of thiophene rings is 1. The Morgan fingerprint density at radius 1 is 1.14 bits per heavy atom. The summed E-state index contributed by atoms with van der Waals surface area (Å²) >= 11 is 1.62. The largest absolute Gasteiger partial charge is 0.463 e. The highest BCUT2D eigenvalue weighted by Gasteiger charge is 2.04. The van der Waals surface area contributed by atoms with Crippen LogP contribution >= 0.6 is 11.3 Å². The second kappa shape index (κ2) is 6.91. The number of carbonyl (C=O) groups is 1. The molecule has 0 unspecified atom stereocenters. The van der Waals surface area contributed by atoms with E-state index in [-0.39, 0.29) is 6.03 Å². The van der Waals surface area contributed by atoms with Crippen molar-refractivity contribution in [2.75, 3.05) is 0 Å². The fourth-order valence-corrected chi connectivity index (χ4v) is 2.57. The van der Waals surface area contributed by atoms with E-state index in [1.54, 1.807) is 23.8 Å². The van der Waals surface area contributed by atoms with Gasteiger partial charge in [-0.15, -0.1) is 11.3 Å². The number of pyridine rings is 1. The predicted molar refractivity (Wildman–Crippen MR) is 85.3 cm³/mol. The van der Waals surface area contributed by atoms with E-state index in [1.807, 2.05) is 41.8 Å². The fourth-order valence-electron chi connectivity index (χ4n) is 1.92. The van der Waals surface area contributed by atoms with Crippen molar-refractivity contribution in [1.82, 2.24) is 15.6 Å². The molecule has 0 atom stereocenters. The Hall–Kier alpha value is -2.60. The molecule has 0 saturated carbocycles. The maximum Gasteiger partial charge on any atom is 0.315 e. The molecule has 0 aliphatic carbocycles. The summed E-state index contributed by atoms with van der Waals surface area (Å²) in [7, 11) is 0. The number of aromatic nitrogens is 1. The second-order valence-electron chi connectivity index (χ2n) is 4.64. The average Bonchev–Trinajstić information content (AvgIpc) is 3.24. The minimum atomic E-state index is -0.191. The molecule has 6 heteroatoms. The average molecular weight is 313 g/mol. The molecule has 3 aromatic rings. The van der Waals surface area contributed by atoms with Crippen LogP contribution in [0.1, 0.15) is 10.4 Å². The molecule has 0 spiro atoms. The first-order valence-electron chi connectivity index (χ1n) is 6.84. The molecule has 0 aliphatic rings. The number of rotatable bonds is 5. The van der Waals surface area contributed by atoms with E-state index in [0.717, 1.165) is 21.9 Å². The Morgan fingerprint density at radius 2 is 2.05 bits per heavy atom. The topological polar surface area (TPSA) is 67.2 Å². The van der Waals surface area contributed by atoms with Gasteiger partial charge in [-0.2, -0.15) is 0 Å². The van der Waals surface area contributed by atoms with Gasteiger partial charge in [-0.1, -0.05) is 12.1 Å². The SMILES string of the molecule is O=C(NCc1ccc(-c2ccco2)nc1)NCc1cccs1. The number of urea groups is 1. The first-order valence-corrected chi connectivity index (χ1v) is 7.72. The van der Waals surface area contributed by atoms with Crippen LogP contribution in [0.25, 0.3) is 11.5 Å². The lowest BCUT2D eigenvalue weighted by atomic mass is 10.2. The number of nitrogens with zero attached hydrogens (tertiary/aromatic N) is 1. The standard InChI is InChI=1S/C16H15N3O2S/c20-16(19-11-13-3-2-8-22-13)18-10-12-5-6-14(17-9-12)15-4-1-7-21-15/h1-9H,10-11H2,(H2,18,19,20). The Bertz CT molecular complexity index is 706. The number of furan rings is 1. The molecule has 0 aliphatic heterocycles. The zero-order chi connectivity index (χ0) is 15.2. The number of carbonyl (C=O) groups excluding carboxylic acids is 1. The van der Waals surface area contributed by atoms with E-state index >= 15 is 0 Å². The van der Waals surface area contributed by atoms with E-state index in [4.69, 9.17) is 4.42 Å². The van der Waals surface area contributed by atoms with Gasteiger partial charge in [0.25, 0.3) is 0 Å². The first-order chi connectivity index (χ1) is 10.8. The monoisotopic (exact) mass is 313 g/mol. The van der Waals surface area contributed by atoms with Crippen LogP contribution in [0, 0.1) is 0 Å². The zero-order valence-electron chi connectivity index (χ0n) is 11.8. The molecule has 22 heavy (non-hydrogen) atoms. The maximum absolute atomic E-state index is 11.7. The van der Waals surface area contributed by atoms with Gasteiger partial charge >= 0.3 is 6.03 Å². The zero-order valence-corrected chi connectivity index (χ0v) is 12.6. The number of amides is 2.